The van der Waals surface area contributed by atoms with Crippen molar-refractivity contribution in [1.82, 2.24) is 0 Å². The molecule has 0 atom stereocenters. The van der Waals surface area contributed by atoms with Crippen LogP contribution in [0.1, 0.15) is 25.0 Å². The maximum atomic E-state index is 12.2. The molecule has 24 heavy (non-hydrogen) atoms. The lowest BCUT2D eigenvalue weighted by atomic mass is 10.1. The van der Waals surface area contributed by atoms with Crippen molar-refractivity contribution in [3.05, 3.63) is 76.1 Å². The normalized spacial score (nSPS) is 11.2. The molecule has 2 aromatic carbocycles. The highest BCUT2D eigenvalue weighted by Crippen LogP contribution is 2.22. The highest BCUT2D eigenvalue weighted by atomic mass is 16.4. The minimum Gasteiger partial charge on any atom is -0.422 e. The number of nitrogens with zero attached hydrogens (tertiary/aromatic N) is 1. The van der Waals surface area contributed by atoms with E-state index in [9.17, 15) is 4.79 Å². The zero-order valence-corrected chi connectivity index (χ0v) is 14.0. The van der Waals surface area contributed by atoms with Crippen molar-refractivity contribution < 1.29 is 4.42 Å². The Balaban J connectivity index is 1.97. The van der Waals surface area contributed by atoms with Crippen LogP contribution in [0, 0.1) is 0 Å². The van der Waals surface area contributed by atoms with E-state index in [4.69, 9.17) is 4.42 Å². The van der Waals surface area contributed by atoms with E-state index < -0.39 is 0 Å². The van der Waals surface area contributed by atoms with Crippen LogP contribution < -0.4 is 10.5 Å². The average molecular weight is 319 g/mol. The first kappa shape index (κ1) is 16.1. The lowest BCUT2D eigenvalue weighted by molar-refractivity contribution is 0.559. The van der Waals surface area contributed by atoms with Gasteiger partial charge in [-0.15, -0.1) is 0 Å². The van der Waals surface area contributed by atoms with Crippen molar-refractivity contribution in [3.8, 4) is 0 Å². The summed E-state index contributed by atoms with van der Waals surface area (Å²) in [5.41, 5.74) is 2.99. The Bertz CT molecular complexity index is 906. The molecule has 3 nitrogen and oxygen atoms in total. The third-order valence-electron chi connectivity index (χ3n) is 4.13. The van der Waals surface area contributed by atoms with Gasteiger partial charge in [-0.3, -0.25) is 0 Å². The Kier molecular flexibility index (Phi) is 4.80. The Morgan fingerprint density at radius 1 is 0.958 bits per heavy atom. The first-order valence-electron chi connectivity index (χ1n) is 8.27. The van der Waals surface area contributed by atoms with E-state index in [0.717, 1.165) is 29.7 Å². The summed E-state index contributed by atoms with van der Waals surface area (Å²) in [6.45, 7) is 6.07. The quantitative estimate of drug-likeness (QED) is 0.633. The smallest absolute Gasteiger partial charge is 0.343 e. The zero-order chi connectivity index (χ0) is 16.9. The Labute approximate surface area is 141 Å². The zero-order valence-electron chi connectivity index (χ0n) is 14.0. The number of rotatable bonds is 5. The minimum absolute atomic E-state index is 0.314. The predicted molar refractivity (Wildman–Crippen MR) is 101 cm³/mol. The first-order chi connectivity index (χ1) is 11.7. The Hall–Kier alpha value is -2.81. The molecule has 3 heteroatoms. The molecule has 3 aromatic rings. The topological polar surface area (TPSA) is 33.5 Å². The second-order valence-electron chi connectivity index (χ2n) is 5.63. The van der Waals surface area contributed by atoms with E-state index in [1.807, 2.05) is 54.6 Å². The van der Waals surface area contributed by atoms with E-state index in [2.05, 4.69) is 24.8 Å². The molecule has 1 aromatic heterocycles. The Morgan fingerprint density at radius 2 is 1.71 bits per heavy atom. The molecule has 122 valence electrons. The summed E-state index contributed by atoms with van der Waals surface area (Å²) in [4.78, 5) is 14.5. The molecular weight excluding hydrogens is 298 g/mol. The maximum absolute atomic E-state index is 12.2. The molecule has 0 amide bonds. The predicted octanol–water partition coefficient (Wildman–Crippen LogP) is 4.81. The van der Waals surface area contributed by atoms with Gasteiger partial charge in [0, 0.05) is 30.2 Å². The van der Waals surface area contributed by atoms with Gasteiger partial charge < -0.3 is 9.32 Å². The van der Waals surface area contributed by atoms with Crippen LogP contribution in [-0.4, -0.2) is 13.1 Å². The van der Waals surface area contributed by atoms with Crippen molar-refractivity contribution in [1.29, 1.82) is 0 Å². The van der Waals surface area contributed by atoms with Gasteiger partial charge in [-0.1, -0.05) is 36.4 Å². The summed E-state index contributed by atoms with van der Waals surface area (Å²) in [5.74, 6) is 0. The van der Waals surface area contributed by atoms with Crippen LogP contribution >= 0.6 is 0 Å². The molecule has 0 unspecified atom stereocenters. The number of hydrogen-bond donors (Lipinski definition) is 0. The van der Waals surface area contributed by atoms with Gasteiger partial charge in [-0.2, -0.15) is 0 Å². The van der Waals surface area contributed by atoms with E-state index >= 15 is 0 Å². The number of anilines is 1. The fourth-order valence-electron chi connectivity index (χ4n) is 2.77. The van der Waals surface area contributed by atoms with Crippen LogP contribution in [0.3, 0.4) is 0 Å². The highest BCUT2D eigenvalue weighted by molar-refractivity contribution is 5.83. The second-order valence-corrected chi connectivity index (χ2v) is 5.63. The molecule has 0 aliphatic heterocycles. The van der Waals surface area contributed by atoms with Gasteiger partial charge in [0.2, 0.25) is 0 Å². The third kappa shape index (κ3) is 3.40. The highest BCUT2D eigenvalue weighted by Gasteiger charge is 2.07. The van der Waals surface area contributed by atoms with Crippen LogP contribution in [0.25, 0.3) is 23.1 Å². The summed E-state index contributed by atoms with van der Waals surface area (Å²) in [7, 11) is 0. The van der Waals surface area contributed by atoms with E-state index in [1.165, 1.54) is 0 Å². The molecule has 0 aliphatic carbocycles. The van der Waals surface area contributed by atoms with Gasteiger partial charge >= 0.3 is 5.63 Å². The fourth-order valence-corrected chi connectivity index (χ4v) is 2.77. The van der Waals surface area contributed by atoms with Crippen LogP contribution in [0.4, 0.5) is 5.69 Å². The molecule has 1 heterocycles. The average Bonchev–Trinajstić information content (AvgIpc) is 2.62. The van der Waals surface area contributed by atoms with Crippen molar-refractivity contribution in [2.24, 2.45) is 0 Å². The summed E-state index contributed by atoms with van der Waals surface area (Å²) < 4.78 is 5.53. The monoisotopic (exact) mass is 319 g/mol. The molecule has 0 radical (unpaired) electrons. The van der Waals surface area contributed by atoms with Gasteiger partial charge in [0.1, 0.15) is 5.58 Å². The number of fused-ring (bicyclic) bond motifs is 1. The SMILES string of the molecule is CCN(CC)c1ccc2cc(/C=C/c3ccccc3)c(=O)oc2c1. The van der Waals surface area contributed by atoms with Gasteiger partial charge in [0.25, 0.3) is 0 Å². The molecule has 0 saturated carbocycles. The molecule has 0 bridgehead atoms. The van der Waals surface area contributed by atoms with E-state index in [1.54, 1.807) is 6.08 Å². The summed E-state index contributed by atoms with van der Waals surface area (Å²) in [5, 5.41) is 0.929. The minimum atomic E-state index is -0.314. The third-order valence-corrected chi connectivity index (χ3v) is 4.13. The number of benzene rings is 2. The summed E-state index contributed by atoms with van der Waals surface area (Å²) in [6, 6.07) is 17.8. The van der Waals surface area contributed by atoms with Crippen LogP contribution in [0.2, 0.25) is 0 Å². The van der Waals surface area contributed by atoms with Gasteiger partial charge in [0.05, 0.1) is 5.56 Å². The van der Waals surface area contributed by atoms with Gasteiger partial charge in [-0.05, 0) is 43.7 Å². The van der Waals surface area contributed by atoms with Gasteiger partial charge in [-0.25, -0.2) is 4.79 Å². The summed E-state index contributed by atoms with van der Waals surface area (Å²) >= 11 is 0. The maximum Gasteiger partial charge on any atom is 0.343 e. The van der Waals surface area contributed by atoms with Crippen molar-refractivity contribution in [3.63, 3.8) is 0 Å². The number of hydrogen-bond acceptors (Lipinski definition) is 3. The molecule has 0 saturated heterocycles. The van der Waals surface area contributed by atoms with Crippen molar-refractivity contribution >= 4 is 28.8 Å². The van der Waals surface area contributed by atoms with Crippen molar-refractivity contribution in [2.75, 3.05) is 18.0 Å². The molecular formula is C21H21NO2. The molecule has 0 spiro atoms. The van der Waals surface area contributed by atoms with E-state index in [0.29, 0.717) is 11.1 Å². The lowest BCUT2D eigenvalue weighted by Gasteiger charge is -2.20. The molecule has 0 fully saturated rings. The van der Waals surface area contributed by atoms with Gasteiger partial charge in [0.15, 0.2) is 0 Å². The molecule has 3 rings (SSSR count). The van der Waals surface area contributed by atoms with E-state index in [-0.39, 0.29) is 5.63 Å². The fraction of sp³-hybridized carbons (Fsp3) is 0.190. The van der Waals surface area contributed by atoms with Crippen molar-refractivity contribution in [2.45, 2.75) is 13.8 Å². The molecule has 0 aliphatic rings. The standard InChI is InChI=1S/C21H21NO2/c1-3-22(4-2)19-13-12-17-14-18(21(23)24-20(17)15-19)11-10-16-8-6-5-7-9-16/h5-15H,3-4H2,1-2H3/b11-10+. The Morgan fingerprint density at radius 3 is 2.42 bits per heavy atom. The summed E-state index contributed by atoms with van der Waals surface area (Å²) in [6.07, 6.45) is 3.72. The van der Waals surface area contributed by atoms with Crippen LogP contribution in [-0.2, 0) is 0 Å². The molecule has 0 N–H and O–H groups in total. The van der Waals surface area contributed by atoms with Crippen LogP contribution in [0.5, 0.6) is 0 Å². The van der Waals surface area contributed by atoms with Crippen LogP contribution in [0.15, 0.2) is 63.8 Å². The lowest BCUT2D eigenvalue weighted by Crippen LogP contribution is -2.21. The second kappa shape index (κ2) is 7.18. The first-order valence-corrected chi connectivity index (χ1v) is 8.27. The largest absolute Gasteiger partial charge is 0.422 e.